The molecule has 1 aromatic rings. The molecule has 0 spiro atoms. The summed E-state index contributed by atoms with van der Waals surface area (Å²) in [6.07, 6.45) is 2.01. The zero-order chi connectivity index (χ0) is 15.1. The summed E-state index contributed by atoms with van der Waals surface area (Å²) in [6, 6.07) is 2.93. The maximum absolute atomic E-state index is 13.1. The average molecular weight is 295 g/mol. The second-order valence-corrected chi connectivity index (χ2v) is 4.96. The Morgan fingerprint density at radius 3 is 2.38 bits per heavy atom. The Hall–Kier alpha value is -2.28. The molecule has 7 heteroatoms. The summed E-state index contributed by atoms with van der Waals surface area (Å²) in [7, 11) is 0. The summed E-state index contributed by atoms with van der Waals surface area (Å²) in [5.41, 5.74) is 0.0646. The van der Waals surface area contributed by atoms with Crippen molar-refractivity contribution < 1.29 is 28.2 Å². The molecule has 0 aromatic heterocycles. The number of hydrogen-bond acceptors (Lipinski definition) is 3. The number of carboxylic acids is 1. The fraction of sp³-hybridized carbons (Fsp3) is 0.286. The third-order valence-corrected chi connectivity index (χ3v) is 3.67. The molecule has 0 aliphatic carbocycles. The van der Waals surface area contributed by atoms with E-state index in [4.69, 9.17) is 4.74 Å². The molecule has 2 N–H and O–H groups in total. The van der Waals surface area contributed by atoms with Crippen molar-refractivity contribution in [2.45, 2.75) is 12.2 Å². The molecule has 2 heterocycles. The minimum Gasteiger partial charge on any atom is -0.481 e. The van der Waals surface area contributed by atoms with Gasteiger partial charge in [-0.1, -0.05) is 12.2 Å². The molecule has 4 atom stereocenters. The van der Waals surface area contributed by atoms with E-state index in [0.717, 1.165) is 12.1 Å². The van der Waals surface area contributed by atoms with Gasteiger partial charge in [0.25, 0.3) is 0 Å². The minimum atomic E-state index is -1.13. The minimum absolute atomic E-state index is 0.0646. The van der Waals surface area contributed by atoms with E-state index in [9.17, 15) is 23.5 Å². The van der Waals surface area contributed by atoms with Crippen molar-refractivity contribution in [1.29, 1.82) is 0 Å². The second-order valence-electron chi connectivity index (χ2n) is 4.96. The standard InChI is InChI=1S/C14H11F2NO4/c15-7-2-1-6(5-8(7)16)17-13(18)11-9-3-4-10(21-9)12(11)14(19)20/h1-5,9-12H,(H,17,18)(H,19,20)/t9-,10-,11-,12-/m0/s1. The summed E-state index contributed by atoms with van der Waals surface area (Å²) in [4.78, 5) is 23.5. The van der Waals surface area contributed by atoms with Gasteiger partial charge in [-0.05, 0) is 12.1 Å². The maximum Gasteiger partial charge on any atom is 0.310 e. The molecule has 1 fully saturated rings. The maximum atomic E-state index is 13.1. The van der Waals surface area contributed by atoms with E-state index in [0.29, 0.717) is 0 Å². The van der Waals surface area contributed by atoms with Crippen LogP contribution >= 0.6 is 0 Å². The number of rotatable bonds is 3. The van der Waals surface area contributed by atoms with Gasteiger partial charge in [0, 0.05) is 11.8 Å². The lowest BCUT2D eigenvalue weighted by atomic mass is 9.82. The van der Waals surface area contributed by atoms with Gasteiger partial charge < -0.3 is 15.2 Å². The molecule has 5 nitrogen and oxygen atoms in total. The van der Waals surface area contributed by atoms with Crippen LogP contribution in [0.25, 0.3) is 0 Å². The lowest BCUT2D eigenvalue weighted by Crippen LogP contribution is -2.39. The molecule has 3 rings (SSSR count). The number of hydrogen-bond donors (Lipinski definition) is 2. The molecule has 1 saturated heterocycles. The lowest BCUT2D eigenvalue weighted by molar-refractivity contribution is -0.145. The van der Waals surface area contributed by atoms with Gasteiger partial charge in [0.05, 0.1) is 18.1 Å². The van der Waals surface area contributed by atoms with Gasteiger partial charge in [-0.2, -0.15) is 0 Å². The number of carbonyl (C=O) groups is 2. The smallest absolute Gasteiger partial charge is 0.310 e. The van der Waals surface area contributed by atoms with E-state index in [1.165, 1.54) is 6.07 Å². The fourth-order valence-corrected chi connectivity index (χ4v) is 2.71. The zero-order valence-electron chi connectivity index (χ0n) is 10.6. The molecule has 2 bridgehead atoms. The van der Waals surface area contributed by atoms with Crippen molar-refractivity contribution in [1.82, 2.24) is 0 Å². The van der Waals surface area contributed by atoms with Gasteiger partial charge in [-0.15, -0.1) is 0 Å². The number of carbonyl (C=O) groups excluding carboxylic acids is 1. The summed E-state index contributed by atoms with van der Waals surface area (Å²) in [5, 5.41) is 11.6. The van der Waals surface area contributed by atoms with Crippen molar-refractivity contribution in [3.8, 4) is 0 Å². The predicted molar refractivity (Wildman–Crippen MR) is 67.4 cm³/mol. The molecular formula is C14H11F2NO4. The first-order valence-electron chi connectivity index (χ1n) is 6.30. The van der Waals surface area contributed by atoms with Crippen molar-refractivity contribution in [2.75, 3.05) is 5.32 Å². The first-order chi connectivity index (χ1) is 9.97. The largest absolute Gasteiger partial charge is 0.481 e. The highest BCUT2D eigenvalue weighted by atomic mass is 19.2. The van der Waals surface area contributed by atoms with Crippen LogP contribution in [0.1, 0.15) is 0 Å². The normalized spacial score (nSPS) is 29.6. The van der Waals surface area contributed by atoms with Gasteiger partial charge >= 0.3 is 5.97 Å². The first kappa shape index (κ1) is 13.7. The quantitative estimate of drug-likeness (QED) is 0.830. The number of nitrogens with one attached hydrogen (secondary N) is 1. The number of fused-ring (bicyclic) bond motifs is 2. The molecule has 21 heavy (non-hydrogen) atoms. The van der Waals surface area contributed by atoms with E-state index in [-0.39, 0.29) is 5.69 Å². The monoisotopic (exact) mass is 295 g/mol. The lowest BCUT2D eigenvalue weighted by Gasteiger charge is -2.21. The number of aliphatic carboxylic acids is 1. The van der Waals surface area contributed by atoms with Crippen LogP contribution in [0.5, 0.6) is 0 Å². The molecular weight excluding hydrogens is 284 g/mol. The Labute approximate surface area is 118 Å². The Morgan fingerprint density at radius 2 is 1.76 bits per heavy atom. The first-order valence-corrected chi connectivity index (χ1v) is 6.30. The third-order valence-electron chi connectivity index (χ3n) is 3.67. The molecule has 2 aliphatic rings. The van der Waals surface area contributed by atoms with Crippen LogP contribution in [0.4, 0.5) is 14.5 Å². The second kappa shape index (κ2) is 4.92. The Morgan fingerprint density at radius 1 is 1.10 bits per heavy atom. The Bertz CT molecular complexity index is 646. The molecule has 0 radical (unpaired) electrons. The SMILES string of the molecule is O=C(O)[C@@H]1[C@@H](C(=O)Nc2ccc(F)c(F)c2)[C@@H]2C=C[C@@H]1O2. The van der Waals surface area contributed by atoms with Crippen LogP contribution in [-0.2, 0) is 14.3 Å². The zero-order valence-corrected chi connectivity index (χ0v) is 10.6. The van der Waals surface area contributed by atoms with E-state index in [1.54, 1.807) is 12.2 Å². The summed E-state index contributed by atoms with van der Waals surface area (Å²) in [5.74, 6) is -5.72. The van der Waals surface area contributed by atoms with Crippen LogP contribution in [-0.4, -0.2) is 29.2 Å². The number of halogens is 2. The van der Waals surface area contributed by atoms with Gasteiger partial charge in [0.15, 0.2) is 11.6 Å². The number of anilines is 1. The molecule has 1 amide bonds. The topological polar surface area (TPSA) is 75.6 Å². The third kappa shape index (κ3) is 2.29. The van der Waals surface area contributed by atoms with Crippen LogP contribution in [0.2, 0.25) is 0 Å². The van der Waals surface area contributed by atoms with E-state index >= 15 is 0 Å². The summed E-state index contributed by atoms with van der Waals surface area (Å²) in [6.45, 7) is 0. The van der Waals surface area contributed by atoms with E-state index < -0.39 is 47.6 Å². The van der Waals surface area contributed by atoms with E-state index in [1.807, 2.05) is 0 Å². The van der Waals surface area contributed by atoms with Crippen LogP contribution in [0, 0.1) is 23.5 Å². The molecule has 1 aromatic carbocycles. The van der Waals surface area contributed by atoms with Crippen LogP contribution < -0.4 is 5.32 Å². The van der Waals surface area contributed by atoms with Gasteiger partial charge in [-0.25, -0.2) is 8.78 Å². The molecule has 0 saturated carbocycles. The van der Waals surface area contributed by atoms with Crippen molar-refractivity contribution in [3.63, 3.8) is 0 Å². The Kier molecular flexibility index (Phi) is 3.21. The van der Waals surface area contributed by atoms with E-state index in [2.05, 4.69) is 5.32 Å². The highest BCUT2D eigenvalue weighted by Crippen LogP contribution is 2.39. The average Bonchev–Trinajstić information content (AvgIpc) is 3.03. The molecule has 0 unspecified atom stereocenters. The van der Waals surface area contributed by atoms with Gasteiger partial charge in [-0.3, -0.25) is 9.59 Å². The predicted octanol–water partition coefficient (Wildman–Crippen LogP) is 1.56. The molecule has 2 aliphatic heterocycles. The summed E-state index contributed by atoms with van der Waals surface area (Å²) >= 11 is 0. The van der Waals surface area contributed by atoms with Crippen LogP contribution in [0.3, 0.4) is 0 Å². The van der Waals surface area contributed by atoms with Gasteiger partial charge in [0.1, 0.15) is 5.92 Å². The van der Waals surface area contributed by atoms with Crippen molar-refractivity contribution in [3.05, 3.63) is 42.0 Å². The fourth-order valence-electron chi connectivity index (χ4n) is 2.71. The highest BCUT2D eigenvalue weighted by molar-refractivity contribution is 5.96. The summed E-state index contributed by atoms with van der Waals surface area (Å²) < 4.78 is 31.3. The number of benzene rings is 1. The highest BCUT2D eigenvalue weighted by Gasteiger charge is 2.53. The van der Waals surface area contributed by atoms with Crippen LogP contribution in [0.15, 0.2) is 30.4 Å². The number of amides is 1. The van der Waals surface area contributed by atoms with Crippen molar-refractivity contribution >= 4 is 17.6 Å². The number of carboxylic acid groups (broad SMARTS) is 1. The number of ether oxygens (including phenoxy) is 1. The van der Waals surface area contributed by atoms with Gasteiger partial charge in [0.2, 0.25) is 5.91 Å². The molecule has 110 valence electrons. The van der Waals surface area contributed by atoms with Crippen molar-refractivity contribution in [2.24, 2.45) is 11.8 Å². The Balaban J connectivity index is 1.80.